The molecule has 1 atom stereocenters. The number of furan rings is 1. The van der Waals surface area contributed by atoms with Gasteiger partial charge in [-0.1, -0.05) is 19.1 Å². The molecule has 3 aromatic rings. The molecule has 2 aromatic heterocycles. The first-order valence-corrected chi connectivity index (χ1v) is 10.3. The number of fused-ring (bicyclic) bond motifs is 3. The zero-order chi connectivity index (χ0) is 21.5. The van der Waals surface area contributed by atoms with Crippen LogP contribution in [-0.2, 0) is 17.8 Å². The molecule has 0 saturated heterocycles. The molecule has 0 bridgehead atoms. The highest BCUT2D eigenvalue weighted by Gasteiger charge is 2.47. The van der Waals surface area contributed by atoms with E-state index in [1.54, 1.807) is 17.2 Å². The normalized spacial score (nSPS) is 18.8. The SMILES string of the molecule is CCc1ccc(NC(=O)C2(C)Cn3c(cc4occc43)C(=O)N2CCN(C)C)cc1. The third-order valence-corrected chi connectivity index (χ3v) is 5.93. The Kier molecular flexibility index (Phi) is 5.15. The molecular weight excluding hydrogens is 380 g/mol. The number of anilines is 1. The van der Waals surface area contributed by atoms with E-state index in [0.29, 0.717) is 30.9 Å². The minimum Gasteiger partial charge on any atom is -0.463 e. The van der Waals surface area contributed by atoms with E-state index in [9.17, 15) is 9.59 Å². The summed E-state index contributed by atoms with van der Waals surface area (Å²) in [6.45, 7) is 5.42. The van der Waals surface area contributed by atoms with Crippen molar-refractivity contribution in [1.29, 1.82) is 0 Å². The van der Waals surface area contributed by atoms with Crippen molar-refractivity contribution < 1.29 is 14.0 Å². The number of nitrogens with one attached hydrogen (secondary N) is 1. The van der Waals surface area contributed by atoms with Crippen molar-refractivity contribution in [3.63, 3.8) is 0 Å². The molecule has 1 aliphatic rings. The zero-order valence-corrected chi connectivity index (χ0v) is 17.9. The van der Waals surface area contributed by atoms with Crippen LogP contribution in [0.2, 0.25) is 0 Å². The Bertz CT molecular complexity index is 1080. The van der Waals surface area contributed by atoms with Crippen molar-refractivity contribution in [3.8, 4) is 0 Å². The van der Waals surface area contributed by atoms with E-state index in [2.05, 4.69) is 12.2 Å². The Morgan fingerprint density at radius 2 is 1.97 bits per heavy atom. The Balaban J connectivity index is 1.69. The third kappa shape index (κ3) is 3.39. The van der Waals surface area contributed by atoms with E-state index in [-0.39, 0.29) is 11.8 Å². The smallest absolute Gasteiger partial charge is 0.271 e. The quantitative estimate of drug-likeness (QED) is 0.680. The van der Waals surface area contributed by atoms with Gasteiger partial charge < -0.3 is 24.1 Å². The molecule has 4 rings (SSSR count). The van der Waals surface area contributed by atoms with Gasteiger partial charge in [-0.25, -0.2) is 0 Å². The van der Waals surface area contributed by atoms with Crippen molar-refractivity contribution >= 4 is 28.6 Å². The summed E-state index contributed by atoms with van der Waals surface area (Å²) < 4.78 is 7.39. The first kappa shape index (κ1) is 20.2. The van der Waals surface area contributed by atoms with Gasteiger partial charge in [-0.05, 0) is 45.1 Å². The average molecular weight is 409 g/mol. The van der Waals surface area contributed by atoms with Crippen LogP contribution in [0.5, 0.6) is 0 Å². The fraction of sp³-hybridized carbons (Fsp3) is 0.391. The lowest BCUT2D eigenvalue weighted by molar-refractivity contribution is -0.127. The van der Waals surface area contributed by atoms with Crippen LogP contribution in [0.25, 0.3) is 11.1 Å². The summed E-state index contributed by atoms with van der Waals surface area (Å²) in [7, 11) is 3.91. The van der Waals surface area contributed by atoms with Crippen molar-refractivity contribution in [3.05, 3.63) is 53.9 Å². The molecule has 158 valence electrons. The number of hydrogen-bond donors (Lipinski definition) is 1. The van der Waals surface area contributed by atoms with E-state index in [0.717, 1.165) is 17.6 Å². The Labute approximate surface area is 176 Å². The molecule has 0 aliphatic carbocycles. The largest absolute Gasteiger partial charge is 0.463 e. The van der Waals surface area contributed by atoms with Gasteiger partial charge >= 0.3 is 0 Å². The van der Waals surface area contributed by atoms with Crippen molar-refractivity contribution in [2.75, 3.05) is 32.5 Å². The number of rotatable bonds is 6. The fourth-order valence-electron chi connectivity index (χ4n) is 4.01. The predicted molar refractivity (Wildman–Crippen MR) is 117 cm³/mol. The molecule has 2 amide bonds. The number of aromatic nitrogens is 1. The molecule has 0 saturated carbocycles. The number of likely N-dealkylation sites (N-methyl/N-ethyl adjacent to an activating group) is 1. The summed E-state index contributed by atoms with van der Waals surface area (Å²) in [5.74, 6) is -0.358. The molecule has 7 heteroatoms. The van der Waals surface area contributed by atoms with Crippen LogP contribution >= 0.6 is 0 Å². The molecule has 0 radical (unpaired) electrons. The molecule has 0 fully saturated rings. The molecule has 7 nitrogen and oxygen atoms in total. The van der Waals surface area contributed by atoms with E-state index in [1.807, 2.05) is 60.8 Å². The molecule has 1 aliphatic heterocycles. The van der Waals surface area contributed by atoms with Crippen LogP contribution in [0.4, 0.5) is 5.69 Å². The van der Waals surface area contributed by atoms with Gasteiger partial charge in [0.05, 0.1) is 18.3 Å². The molecule has 1 N–H and O–H groups in total. The lowest BCUT2D eigenvalue weighted by Gasteiger charge is -2.44. The number of benzene rings is 1. The topological polar surface area (TPSA) is 70.7 Å². The lowest BCUT2D eigenvalue weighted by atomic mass is 9.94. The van der Waals surface area contributed by atoms with Crippen LogP contribution in [0.1, 0.15) is 29.9 Å². The van der Waals surface area contributed by atoms with Crippen LogP contribution in [0.3, 0.4) is 0 Å². The van der Waals surface area contributed by atoms with Gasteiger partial charge in [0.15, 0.2) is 5.58 Å². The number of nitrogens with zero attached hydrogens (tertiary/aromatic N) is 3. The Morgan fingerprint density at radius 3 is 2.63 bits per heavy atom. The number of aryl methyl sites for hydroxylation is 1. The first-order chi connectivity index (χ1) is 14.3. The fourth-order valence-corrected chi connectivity index (χ4v) is 4.01. The second-order valence-electron chi connectivity index (χ2n) is 8.32. The lowest BCUT2D eigenvalue weighted by Crippen LogP contribution is -2.63. The predicted octanol–water partition coefficient (Wildman–Crippen LogP) is 3.21. The summed E-state index contributed by atoms with van der Waals surface area (Å²) >= 11 is 0. The van der Waals surface area contributed by atoms with Crippen LogP contribution in [-0.4, -0.2) is 58.9 Å². The van der Waals surface area contributed by atoms with Crippen molar-refractivity contribution in [1.82, 2.24) is 14.4 Å². The summed E-state index contributed by atoms with van der Waals surface area (Å²) in [6.07, 6.45) is 2.55. The highest BCUT2D eigenvalue weighted by molar-refractivity contribution is 6.06. The summed E-state index contributed by atoms with van der Waals surface area (Å²) in [4.78, 5) is 30.6. The van der Waals surface area contributed by atoms with Gasteiger partial charge in [0.25, 0.3) is 11.8 Å². The van der Waals surface area contributed by atoms with E-state index < -0.39 is 5.54 Å². The second kappa shape index (κ2) is 7.65. The van der Waals surface area contributed by atoms with Gasteiger partial charge in [-0.3, -0.25) is 9.59 Å². The van der Waals surface area contributed by atoms with E-state index in [1.165, 1.54) is 5.56 Å². The van der Waals surface area contributed by atoms with Gasteiger partial charge in [-0.2, -0.15) is 0 Å². The maximum absolute atomic E-state index is 13.5. The van der Waals surface area contributed by atoms with Gasteiger partial charge in [0, 0.05) is 30.9 Å². The van der Waals surface area contributed by atoms with Gasteiger partial charge in [-0.15, -0.1) is 0 Å². The zero-order valence-electron chi connectivity index (χ0n) is 17.9. The van der Waals surface area contributed by atoms with Crippen molar-refractivity contribution in [2.24, 2.45) is 0 Å². The molecular formula is C23H28N4O3. The molecule has 30 heavy (non-hydrogen) atoms. The monoisotopic (exact) mass is 408 g/mol. The Morgan fingerprint density at radius 1 is 1.23 bits per heavy atom. The highest BCUT2D eigenvalue weighted by Crippen LogP contribution is 2.33. The number of carbonyl (C=O) groups is 2. The standard InChI is InChI=1S/C23H28N4O3/c1-5-16-6-8-17(9-7-16)24-22(29)23(2)15-26-18-10-13-30-20(18)14-19(26)21(28)27(23)12-11-25(3)4/h6-10,13-14H,5,11-12,15H2,1-4H3,(H,24,29). The summed E-state index contributed by atoms with van der Waals surface area (Å²) in [5, 5.41) is 3.02. The molecule has 1 unspecified atom stereocenters. The van der Waals surface area contributed by atoms with Gasteiger partial charge in [0.2, 0.25) is 0 Å². The number of hydrogen-bond acceptors (Lipinski definition) is 4. The maximum atomic E-state index is 13.5. The summed E-state index contributed by atoms with van der Waals surface area (Å²) in [6, 6.07) is 11.4. The second-order valence-corrected chi connectivity index (χ2v) is 8.32. The number of amides is 2. The van der Waals surface area contributed by atoms with Crippen LogP contribution < -0.4 is 5.32 Å². The minimum atomic E-state index is -1.03. The third-order valence-electron chi connectivity index (χ3n) is 5.93. The number of carbonyl (C=O) groups excluding carboxylic acids is 2. The molecule has 3 heterocycles. The van der Waals surface area contributed by atoms with Gasteiger partial charge in [0.1, 0.15) is 11.2 Å². The van der Waals surface area contributed by atoms with Crippen LogP contribution in [0, 0.1) is 0 Å². The van der Waals surface area contributed by atoms with E-state index >= 15 is 0 Å². The maximum Gasteiger partial charge on any atom is 0.271 e. The highest BCUT2D eigenvalue weighted by atomic mass is 16.3. The van der Waals surface area contributed by atoms with Crippen LogP contribution in [0.15, 0.2) is 47.1 Å². The average Bonchev–Trinajstić information content (AvgIpc) is 3.30. The summed E-state index contributed by atoms with van der Waals surface area (Å²) in [5.41, 5.74) is 2.94. The van der Waals surface area contributed by atoms with Crippen molar-refractivity contribution in [2.45, 2.75) is 32.4 Å². The first-order valence-electron chi connectivity index (χ1n) is 10.3. The minimum absolute atomic E-state index is 0.159. The van der Waals surface area contributed by atoms with E-state index in [4.69, 9.17) is 4.42 Å². The molecule has 1 aromatic carbocycles. The molecule has 0 spiro atoms. The Hall–Kier alpha value is -3.06.